The maximum absolute atomic E-state index is 12.5. The highest BCUT2D eigenvalue weighted by Crippen LogP contribution is 2.27. The van der Waals surface area contributed by atoms with E-state index >= 15 is 0 Å². The Morgan fingerprint density at radius 3 is 2.80 bits per heavy atom. The number of rotatable bonds is 6. The van der Waals surface area contributed by atoms with Gasteiger partial charge in [0.2, 0.25) is 5.91 Å². The molecule has 0 radical (unpaired) electrons. The predicted octanol–water partition coefficient (Wildman–Crippen LogP) is 2.57. The van der Waals surface area contributed by atoms with E-state index in [0.717, 1.165) is 45.8 Å². The summed E-state index contributed by atoms with van der Waals surface area (Å²) < 4.78 is 5.48. The second kappa shape index (κ2) is 11.4. The van der Waals surface area contributed by atoms with Crippen molar-refractivity contribution in [3.05, 3.63) is 22.4 Å². The van der Waals surface area contributed by atoms with Crippen molar-refractivity contribution in [1.82, 2.24) is 15.1 Å². The van der Waals surface area contributed by atoms with E-state index in [1.807, 2.05) is 11.9 Å². The lowest BCUT2D eigenvalue weighted by Crippen LogP contribution is -2.44. The van der Waals surface area contributed by atoms with Gasteiger partial charge in [-0.25, -0.2) is 0 Å². The lowest BCUT2D eigenvalue weighted by Gasteiger charge is -2.36. The van der Waals surface area contributed by atoms with Crippen LogP contribution in [0.5, 0.6) is 0 Å². The molecule has 1 aromatic heterocycles. The van der Waals surface area contributed by atoms with Gasteiger partial charge in [0.1, 0.15) is 0 Å². The average molecular weight is 410 g/mol. The number of ether oxygens (including phenoxy) is 1. The molecule has 8 heteroatoms. The van der Waals surface area contributed by atoms with Crippen molar-refractivity contribution < 1.29 is 9.53 Å². The molecule has 25 heavy (non-hydrogen) atoms. The Balaban J connectivity index is 0.00000156. The molecular formula is C17H29Cl2N3O2S. The van der Waals surface area contributed by atoms with Gasteiger partial charge >= 0.3 is 0 Å². The standard InChI is InChI=1S/C17H27N3O2S.2ClH/c1-19(17(21)12-14-4-2-6-18-14)13-15(16-5-3-11-23-16)20-7-9-22-10-8-20;;/h3,5,11,14-15,18H,2,4,6-10,12-13H2,1H3;2*1H. The number of carbonyl (C=O) groups excluding carboxylic acids is 1. The summed E-state index contributed by atoms with van der Waals surface area (Å²) >= 11 is 1.78. The summed E-state index contributed by atoms with van der Waals surface area (Å²) in [5, 5.41) is 5.53. The molecule has 2 unspecified atom stereocenters. The second-order valence-electron chi connectivity index (χ2n) is 6.45. The Morgan fingerprint density at radius 2 is 2.20 bits per heavy atom. The molecule has 3 rings (SSSR count). The summed E-state index contributed by atoms with van der Waals surface area (Å²) in [4.78, 5) is 18.2. The van der Waals surface area contributed by atoms with E-state index in [1.54, 1.807) is 11.3 Å². The maximum atomic E-state index is 12.5. The molecule has 2 fully saturated rings. The van der Waals surface area contributed by atoms with Crippen LogP contribution in [0.15, 0.2) is 17.5 Å². The molecule has 0 spiro atoms. The third-order valence-electron chi connectivity index (χ3n) is 4.81. The van der Waals surface area contributed by atoms with E-state index in [9.17, 15) is 4.79 Å². The van der Waals surface area contributed by atoms with Crippen LogP contribution in [0.1, 0.15) is 30.2 Å². The van der Waals surface area contributed by atoms with Crippen molar-refractivity contribution in [2.45, 2.75) is 31.3 Å². The number of halogens is 2. The minimum atomic E-state index is 0. The van der Waals surface area contributed by atoms with Gasteiger partial charge in [0.05, 0.1) is 19.3 Å². The first-order chi connectivity index (χ1) is 11.2. The monoisotopic (exact) mass is 409 g/mol. The molecule has 5 nitrogen and oxygen atoms in total. The normalized spacial score (nSPS) is 21.9. The number of morpholine rings is 1. The molecule has 2 atom stereocenters. The predicted molar refractivity (Wildman–Crippen MR) is 107 cm³/mol. The summed E-state index contributed by atoms with van der Waals surface area (Å²) in [6, 6.07) is 4.93. The second-order valence-corrected chi connectivity index (χ2v) is 7.43. The van der Waals surface area contributed by atoms with Crippen molar-refractivity contribution in [3.8, 4) is 0 Å². The SMILES string of the molecule is CN(CC(c1cccs1)N1CCOCC1)C(=O)CC1CCCN1.Cl.Cl. The van der Waals surface area contributed by atoms with Crippen LogP contribution in [0, 0.1) is 0 Å². The highest BCUT2D eigenvalue weighted by Gasteiger charge is 2.27. The third kappa shape index (κ3) is 6.38. The van der Waals surface area contributed by atoms with Gasteiger partial charge in [0, 0.05) is 44.0 Å². The third-order valence-corrected chi connectivity index (χ3v) is 5.79. The summed E-state index contributed by atoms with van der Waals surface area (Å²) in [6.07, 6.45) is 2.93. The summed E-state index contributed by atoms with van der Waals surface area (Å²) in [7, 11) is 1.94. The van der Waals surface area contributed by atoms with Crippen LogP contribution in [0.2, 0.25) is 0 Å². The Morgan fingerprint density at radius 1 is 1.44 bits per heavy atom. The number of thiophene rings is 1. The zero-order valence-corrected chi connectivity index (χ0v) is 17.1. The number of hydrogen-bond acceptors (Lipinski definition) is 5. The maximum Gasteiger partial charge on any atom is 0.223 e. The van der Waals surface area contributed by atoms with E-state index in [1.165, 1.54) is 11.3 Å². The first-order valence-corrected chi connectivity index (χ1v) is 9.44. The molecule has 0 saturated carbocycles. The van der Waals surface area contributed by atoms with Crippen LogP contribution in [0.3, 0.4) is 0 Å². The zero-order chi connectivity index (χ0) is 16.1. The highest BCUT2D eigenvalue weighted by atomic mass is 35.5. The fourth-order valence-corrected chi connectivity index (χ4v) is 4.27. The van der Waals surface area contributed by atoms with Crippen LogP contribution >= 0.6 is 36.2 Å². The van der Waals surface area contributed by atoms with Gasteiger partial charge in [-0.05, 0) is 30.8 Å². The molecule has 1 amide bonds. The minimum Gasteiger partial charge on any atom is -0.379 e. The first kappa shape index (κ1) is 22.7. The quantitative estimate of drug-likeness (QED) is 0.783. The molecule has 3 heterocycles. The number of carbonyl (C=O) groups is 1. The molecule has 1 N–H and O–H groups in total. The lowest BCUT2D eigenvalue weighted by atomic mass is 10.1. The molecule has 0 aromatic carbocycles. The summed E-state index contributed by atoms with van der Waals surface area (Å²) in [5.41, 5.74) is 0. The number of nitrogens with zero attached hydrogens (tertiary/aromatic N) is 2. The number of hydrogen-bond donors (Lipinski definition) is 1. The average Bonchev–Trinajstić information content (AvgIpc) is 3.26. The Labute approximate surface area is 166 Å². The van der Waals surface area contributed by atoms with Crippen LogP contribution < -0.4 is 5.32 Å². The molecule has 144 valence electrons. The highest BCUT2D eigenvalue weighted by molar-refractivity contribution is 7.10. The van der Waals surface area contributed by atoms with Gasteiger partial charge in [-0.1, -0.05) is 6.07 Å². The van der Waals surface area contributed by atoms with Crippen LogP contribution in [-0.4, -0.2) is 68.2 Å². The molecule has 0 aliphatic carbocycles. The fourth-order valence-electron chi connectivity index (χ4n) is 3.41. The summed E-state index contributed by atoms with van der Waals surface area (Å²) in [5.74, 6) is 0.249. The minimum absolute atomic E-state index is 0. The smallest absolute Gasteiger partial charge is 0.223 e. The van der Waals surface area contributed by atoms with E-state index < -0.39 is 0 Å². The fraction of sp³-hybridized carbons (Fsp3) is 0.706. The Bertz CT molecular complexity index is 492. The first-order valence-electron chi connectivity index (χ1n) is 8.56. The van der Waals surface area contributed by atoms with Gasteiger partial charge in [0.15, 0.2) is 0 Å². The van der Waals surface area contributed by atoms with Gasteiger partial charge in [-0.15, -0.1) is 36.2 Å². The Kier molecular flexibility index (Phi) is 10.3. The Hall–Kier alpha value is -0.370. The number of amides is 1. The van der Waals surface area contributed by atoms with Crippen molar-refractivity contribution in [2.24, 2.45) is 0 Å². The van der Waals surface area contributed by atoms with Gasteiger partial charge < -0.3 is 15.0 Å². The van der Waals surface area contributed by atoms with Gasteiger partial charge in [-0.3, -0.25) is 9.69 Å². The van der Waals surface area contributed by atoms with E-state index in [4.69, 9.17) is 4.74 Å². The van der Waals surface area contributed by atoms with Crippen molar-refractivity contribution in [2.75, 3.05) is 46.4 Å². The molecule has 2 saturated heterocycles. The van der Waals surface area contributed by atoms with E-state index in [0.29, 0.717) is 12.5 Å². The zero-order valence-electron chi connectivity index (χ0n) is 14.7. The van der Waals surface area contributed by atoms with Crippen molar-refractivity contribution in [1.29, 1.82) is 0 Å². The van der Waals surface area contributed by atoms with Crippen molar-refractivity contribution in [3.63, 3.8) is 0 Å². The van der Waals surface area contributed by atoms with Crippen LogP contribution in [0.4, 0.5) is 0 Å². The summed E-state index contributed by atoms with van der Waals surface area (Å²) in [6.45, 7) is 5.25. The molecule has 2 aliphatic rings. The molecular weight excluding hydrogens is 381 g/mol. The topological polar surface area (TPSA) is 44.8 Å². The molecule has 2 aliphatic heterocycles. The van der Waals surface area contributed by atoms with Crippen LogP contribution in [-0.2, 0) is 9.53 Å². The lowest BCUT2D eigenvalue weighted by molar-refractivity contribution is -0.131. The number of nitrogens with one attached hydrogen (secondary N) is 1. The van der Waals surface area contributed by atoms with Gasteiger partial charge in [-0.2, -0.15) is 0 Å². The largest absolute Gasteiger partial charge is 0.379 e. The molecule has 1 aromatic rings. The van der Waals surface area contributed by atoms with Crippen molar-refractivity contribution >= 4 is 42.1 Å². The molecule has 0 bridgehead atoms. The van der Waals surface area contributed by atoms with Gasteiger partial charge in [0.25, 0.3) is 0 Å². The number of likely N-dealkylation sites (N-methyl/N-ethyl adjacent to an activating group) is 1. The van der Waals surface area contributed by atoms with Crippen LogP contribution in [0.25, 0.3) is 0 Å². The van der Waals surface area contributed by atoms with E-state index in [-0.39, 0.29) is 36.8 Å². The van der Waals surface area contributed by atoms with E-state index in [2.05, 4.69) is 27.7 Å².